The van der Waals surface area contributed by atoms with Gasteiger partial charge in [-0.25, -0.2) is 4.39 Å². The average molecular weight is 341 g/mol. The lowest BCUT2D eigenvalue weighted by atomic mass is 10.3. The average Bonchev–Trinajstić information content (AvgIpc) is 3.14. The Morgan fingerprint density at radius 1 is 1.40 bits per heavy atom. The molecule has 0 unspecified atom stereocenters. The zero-order valence-electron chi connectivity index (χ0n) is 10.7. The summed E-state index contributed by atoms with van der Waals surface area (Å²) in [5.41, 5.74) is 0.840. The van der Waals surface area contributed by atoms with E-state index in [2.05, 4.69) is 26.4 Å². The van der Waals surface area contributed by atoms with E-state index in [0.29, 0.717) is 22.8 Å². The van der Waals surface area contributed by atoms with E-state index in [1.54, 1.807) is 12.1 Å². The summed E-state index contributed by atoms with van der Waals surface area (Å²) in [5, 5.41) is 7.29. The molecule has 0 spiro atoms. The van der Waals surface area contributed by atoms with Crippen molar-refractivity contribution < 1.29 is 13.7 Å². The summed E-state index contributed by atoms with van der Waals surface area (Å²) < 4.78 is 24.8. The fourth-order valence-corrected chi connectivity index (χ4v) is 2.12. The molecule has 106 valence electrons. The first-order chi connectivity index (χ1) is 9.70. The molecule has 2 aromatic rings. The molecule has 20 heavy (non-hydrogen) atoms. The van der Waals surface area contributed by atoms with Crippen LogP contribution in [0.3, 0.4) is 0 Å². The molecule has 1 aromatic heterocycles. The minimum absolute atomic E-state index is 0.162. The minimum Gasteiger partial charge on any atom is -0.482 e. The molecule has 0 saturated heterocycles. The van der Waals surface area contributed by atoms with Crippen molar-refractivity contribution >= 4 is 15.9 Å². The standard InChI is InChI=1S/C14H14BrFN2O2/c15-9-1-4-14(13(16)5-9)19-8-12-6-11(18-20-12)7-17-10-2-3-10/h1,4-6,10,17H,2-3,7-8H2. The number of nitrogens with one attached hydrogen (secondary N) is 1. The lowest BCUT2D eigenvalue weighted by Gasteiger charge is -2.04. The number of ether oxygens (including phenoxy) is 1. The quantitative estimate of drug-likeness (QED) is 0.875. The maximum atomic E-state index is 13.6. The first kappa shape index (κ1) is 13.6. The summed E-state index contributed by atoms with van der Waals surface area (Å²) in [5.74, 6) is 0.372. The van der Waals surface area contributed by atoms with E-state index in [4.69, 9.17) is 9.26 Å². The fraction of sp³-hybridized carbons (Fsp3) is 0.357. The number of halogens is 2. The lowest BCUT2D eigenvalue weighted by molar-refractivity contribution is 0.239. The molecule has 1 fully saturated rings. The molecule has 1 aromatic carbocycles. The first-order valence-electron chi connectivity index (χ1n) is 6.46. The molecule has 1 aliphatic carbocycles. The second-order valence-corrected chi connectivity index (χ2v) is 5.72. The normalized spacial score (nSPS) is 14.5. The number of nitrogens with zero attached hydrogens (tertiary/aromatic N) is 1. The zero-order valence-corrected chi connectivity index (χ0v) is 12.3. The second-order valence-electron chi connectivity index (χ2n) is 4.80. The zero-order chi connectivity index (χ0) is 13.9. The Morgan fingerprint density at radius 3 is 3.00 bits per heavy atom. The molecule has 1 saturated carbocycles. The van der Waals surface area contributed by atoms with Crippen LogP contribution in [0.1, 0.15) is 24.3 Å². The number of rotatable bonds is 6. The third-order valence-corrected chi connectivity index (χ3v) is 3.51. The van der Waals surface area contributed by atoms with Gasteiger partial charge in [0.25, 0.3) is 0 Å². The molecule has 3 rings (SSSR count). The van der Waals surface area contributed by atoms with Gasteiger partial charge in [-0.1, -0.05) is 21.1 Å². The van der Waals surface area contributed by atoms with Gasteiger partial charge in [-0.15, -0.1) is 0 Å². The summed E-state index contributed by atoms with van der Waals surface area (Å²) in [6.07, 6.45) is 2.47. The molecule has 1 heterocycles. The van der Waals surface area contributed by atoms with Crippen LogP contribution >= 0.6 is 15.9 Å². The van der Waals surface area contributed by atoms with Gasteiger partial charge in [0.1, 0.15) is 6.61 Å². The summed E-state index contributed by atoms with van der Waals surface area (Å²) in [7, 11) is 0. The van der Waals surface area contributed by atoms with Crippen LogP contribution < -0.4 is 10.1 Å². The predicted octanol–water partition coefficient (Wildman–Crippen LogP) is 3.41. The first-order valence-corrected chi connectivity index (χ1v) is 7.26. The van der Waals surface area contributed by atoms with Crippen LogP contribution in [0.25, 0.3) is 0 Å². The molecule has 1 aliphatic rings. The Labute approximate surface area is 124 Å². The van der Waals surface area contributed by atoms with Crippen molar-refractivity contribution in [3.05, 3.63) is 46.0 Å². The van der Waals surface area contributed by atoms with Crippen molar-refractivity contribution in [1.29, 1.82) is 0 Å². The van der Waals surface area contributed by atoms with Gasteiger partial charge in [-0.05, 0) is 31.0 Å². The van der Waals surface area contributed by atoms with Crippen LogP contribution in [0.5, 0.6) is 5.75 Å². The van der Waals surface area contributed by atoms with Crippen molar-refractivity contribution in [1.82, 2.24) is 10.5 Å². The molecule has 0 radical (unpaired) electrons. The van der Waals surface area contributed by atoms with Crippen LogP contribution in [0.15, 0.2) is 33.3 Å². The molecule has 0 amide bonds. The minimum atomic E-state index is -0.408. The highest BCUT2D eigenvalue weighted by molar-refractivity contribution is 9.10. The summed E-state index contributed by atoms with van der Waals surface area (Å²) >= 11 is 3.20. The van der Waals surface area contributed by atoms with Crippen LogP contribution in [-0.2, 0) is 13.2 Å². The largest absolute Gasteiger partial charge is 0.482 e. The molecule has 6 heteroatoms. The number of benzene rings is 1. The molecule has 0 atom stereocenters. The van der Waals surface area contributed by atoms with Gasteiger partial charge in [0, 0.05) is 23.1 Å². The second kappa shape index (κ2) is 5.93. The van der Waals surface area contributed by atoms with Crippen LogP contribution in [0.4, 0.5) is 4.39 Å². The Morgan fingerprint density at radius 2 is 2.25 bits per heavy atom. The number of aromatic nitrogens is 1. The Kier molecular flexibility index (Phi) is 4.03. The van der Waals surface area contributed by atoms with Gasteiger partial charge in [-0.3, -0.25) is 0 Å². The molecule has 0 bridgehead atoms. The van der Waals surface area contributed by atoms with E-state index in [0.717, 1.165) is 5.69 Å². The van der Waals surface area contributed by atoms with E-state index >= 15 is 0 Å². The molecule has 0 aliphatic heterocycles. The van der Waals surface area contributed by atoms with Crippen molar-refractivity contribution in [2.24, 2.45) is 0 Å². The topological polar surface area (TPSA) is 47.3 Å². The summed E-state index contributed by atoms with van der Waals surface area (Å²) in [6.45, 7) is 0.857. The monoisotopic (exact) mass is 340 g/mol. The highest BCUT2D eigenvalue weighted by atomic mass is 79.9. The fourth-order valence-electron chi connectivity index (χ4n) is 1.78. The van der Waals surface area contributed by atoms with Gasteiger partial charge in [0.15, 0.2) is 17.3 Å². The third-order valence-electron chi connectivity index (χ3n) is 3.02. The maximum absolute atomic E-state index is 13.6. The third kappa shape index (κ3) is 3.58. The van der Waals surface area contributed by atoms with Crippen LogP contribution in [0, 0.1) is 5.82 Å². The van der Waals surface area contributed by atoms with Crippen LogP contribution in [0.2, 0.25) is 0 Å². The Bertz CT molecular complexity index is 599. The highest BCUT2D eigenvalue weighted by Gasteiger charge is 2.20. The van der Waals surface area contributed by atoms with Gasteiger partial charge < -0.3 is 14.6 Å². The van der Waals surface area contributed by atoms with Gasteiger partial charge in [-0.2, -0.15) is 0 Å². The maximum Gasteiger partial charge on any atom is 0.174 e. The number of hydrogen-bond acceptors (Lipinski definition) is 4. The summed E-state index contributed by atoms with van der Waals surface area (Å²) in [4.78, 5) is 0. The number of hydrogen-bond donors (Lipinski definition) is 1. The highest BCUT2D eigenvalue weighted by Crippen LogP contribution is 2.22. The van der Waals surface area contributed by atoms with Gasteiger partial charge in [0.2, 0.25) is 0 Å². The SMILES string of the molecule is Fc1cc(Br)ccc1OCc1cc(CNC2CC2)no1. The van der Waals surface area contributed by atoms with Gasteiger partial charge in [0.05, 0.1) is 5.69 Å². The molecular formula is C14H14BrFN2O2. The smallest absolute Gasteiger partial charge is 0.174 e. The lowest BCUT2D eigenvalue weighted by Crippen LogP contribution is -2.15. The van der Waals surface area contributed by atoms with Gasteiger partial charge >= 0.3 is 0 Å². The van der Waals surface area contributed by atoms with E-state index in [-0.39, 0.29) is 12.4 Å². The van der Waals surface area contributed by atoms with Crippen molar-refractivity contribution in [3.8, 4) is 5.75 Å². The predicted molar refractivity (Wildman–Crippen MR) is 74.8 cm³/mol. The van der Waals surface area contributed by atoms with Crippen molar-refractivity contribution in [3.63, 3.8) is 0 Å². The Balaban J connectivity index is 1.54. The van der Waals surface area contributed by atoms with Crippen molar-refractivity contribution in [2.75, 3.05) is 0 Å². The summed E-state index contributed by atoms with van der Waals surface area (Å²) in [6, 6.07) is 7.12. The molecular weight excluding hydrogens is 327 g/mol. The van der Waals surface area contributed by atoms with E-state index in [9.17, 15) is 4.39 Å². The van der Waals surface area contributed by atoms with E-state index < -0.39 is 5.82 Å². The Hall–Kier alpha value is -1.40. The molecule has 4 nitrogen and oxygen atoms in total. The van der Waals surface area contributed by atoms with Crippen LogP contribution in [-0.4, -0.2) is 11.2 Å². The van der Waals surface area contributed by atoms with Crippen molar-refractivity contribution in [2.45, 2.75) is 32.0 Å². The van der Waals surface area contributed by atoms with E-state index in [1.165, 1.54) is 18.9 Å². The van der Waals surface area contributed by atoms with E-state index in [1.807, 2.05) is 6.07 Å². The molecule has 1 N–H and O–H groups in total.